The van der Waals surface area contributed by atoms with Crippen molar-refractivity contribution < 1.29 is 9.59 Å². The largest absolute Gasteiger partial charge is 0.361 e. The summed E-state index contributed by atoms with van der Waals surface area (Å²) in [6.45, 7) is 4.68. The molecule has 1 saturated heterocycles. The minimum Gasteiger partial charge on any atom is -0.361 e. The third-order valence-corrected chi connectivity index (χ3v) is 6.37. The fraction of sp³-hybridized carbons (Fsp3) is 0.385. The van der Waals surface area contributed by atoms with Crippen LogP contribution in [0.2, 0.25) is 0 Å². The molecule has 0 saturated carbocycles. The van der Waals surface area contributed by atoms with Crippen LogP contribution in [-0.4, -0.2) is 46.4 Å². The van der Waals surface area contributed by atoms with Gasteiger partial charge in [-0.25, -0.2) is 0 Å². The Bertz CT molecular complexity index is 1080. The molecule has 1 aromatic heterocycles. The summed E-state index contributed by atoms with van der Waals surface area (Å²) >= 11 is 0. The quantitative estimate of drug-likeness (QED) is 0.514. The second-order valence-corrected chi connectivity index (χ2v) is 9.32. The summed E-state index contributed by atoms with van der Waals surface area (Å²) in [7, 11) is 0. The van der Waals surface area contributed by atoms with Gasteiger partial charge < -0.3 is 20.9 Å². The zero-order valence-corrected chi connectivity index (χ0v) is 20.0. The summed E-state index contributed by atoms with van der Waals surface area (Å²) in [4.78, 5) is 31.4. The Balaban J connectivity index is 0.00000306. The number of benzene rings is 2. The topological polar surface area (TPSA) is 91.2 Å². The molecule has 6 nitrogen and oxygen atoms in total. The molecule has 176 valence electrons. The molecule has 3 aromatic rings. The lowest BCUT2D eigenvalue weighted by atomic mass is 9.89. The molecule has 2 aromatic carbocycles. The van der Waals surface area contributed by atoms with Crippen LogP contribution in [0, 0.1) is 0 Å². The lowest BCUT2D eigenvalue weighted by Crippen LogP contribution is -2.57. The molecule has 2 amide bonds. The first-order valence-corrected chi connectivity index (χ1v) is 11.3. The highest BCUT2D eigenvalue weighted by Crippen LogP contribution is 2.28. The molecular formula is C26H33ClN4O2. The molecule has 1 aliphatic rings. The summed E-state index contributed by atoms with van der Waals surface area (Å²) in [6, 6.07) is 17.8. The molecular weight excluding hydrogens is 436 g/mol. The Morgan fingerprint density at radius 3 is 2.39 bits per heavy atom. The van der Waals surface area contributed by atoms with Gasteiger partial charge in [-0.1, -0.05) is 48.5 Å². The maximum atomic E-state index is 13.5. The summed E-state index contributed by atoms with van der Waals surface area (Å²) < 4.78 is 0. The molecule has 7 heteroatoms. The summed E-state index contributed by atoms with van der Waals surface area (Å²) in [5, 5.41) is 4.00. The Labute approximate surface area is 201 Å². The number of nitrogens with one attached hydrogen (secondary N) is 2. The highest BCUT2D eigenvalue weighted by atomic mass is 35.5. The van der Waals surface area contributed by atoms with Crippen molar-refractivity contribution in [1.82, 2.24) is 15.2 Å². The highest BCUT2D eigenvalue weighted by molar-refractivity contribution is 5.92. The van der Waals surface area contributed by atoms with Gasteiger partial charge in [-0.15, -0.1) is 12.4 Å². The first-order valence-electron chi connectivity index (χ1n) is 11.3. The second-order valence-electron chi connectivity index (χ2n) is 9.32. The molecule has 1 unspecified atom stereocenters. The number of halogens is 1. The summed E-state index contributed by atoms with van der Waals surface area (Å²) in [6.07, 6.45) is 4.19. The fourth-order valence-corrected chi connectivity index (χ4v) is 4.44. The van der Waals surface area contributed by atoms with Gasteiger partial charge in [0.25, 0.3) is 0 Å². The SMILES string of the molecule is CC(C)(N)C(=O)NC(Cc1c[nH]c2ccccc12)C(=O)N1CCC(c2ccccc2)CC1.Cl. The van der Waals surface area contributed by atoms with Crippen LogP contribution < -0.4 is 11.1 Å². The van der Waals surface area contributed by atoms with E-state index in [4.69, 9.17) is 5.73 Å². The van der Waals surface area contributed by atoms with E-state index in [0.29, 0.717) is 25.4 Å². The van der Waals surface area contributed by atoms with Gasteiger partial charge in [0, 0.05) is 36.6 Å². The average molecular weight is 469 g/mol. The van der Waals surface area contributed by atoms with Gasteiger partial charge in [0.15, 0.2) is 0 Å². The number of carbonyl (C=O) groups is 2. The van der Waals surface area contributed by atoms with Gasteiger partial charge >= 0.3 is 0 Å². The zero-order chi connectivity index (χ0) is 22.7. The van der Waals surface area contributed by atoms with E-state index in [0.717, 1.165) is 29.3 Å². The first kappa shape index (κ1) is 24.8. The van der Waals surface area contributed by atoms with Crippen LogP contribution in [0.1, 0.15) is 43.7 Å². The monoisotopic (exact) mass is 468 g/mol. The number of aromatic amines is 1. The van der Waals surface area contributed by atoms with E-state index >= 15 is 0 Å². The predicted molar refractivity (Wildman–Crippen MR) is 134 cm³/mol. The van der Waals surface area contributed by atoms with Crippen molar-refractivity contribution >= 4 is 35.1 Å². The van der Waals surface area contributed by atoms with Gasteiger partial charge in [0.2, 0.25) is 11.8 Å². The molecule has 4 rings (SSSR count). The fourth-order valence-electron chi connectivity index (χ4n) is 4.44. The van der Waals surface area contributed by atoms with E-state index in [1.165, 1.54) is 5.56 Å². The molecule has 1 fully saturated rings. The van der Waals surface area contributed by atoms with E-state index in [1.54, 1.807) is 13.8 Å². The number of likely N-dealkylation sites (tertiary alicyclic amines) is 1. The van der Waals surface area contributed by atoms with Gasteiger partial charge in [-0.3, -0.25) is 9.59 Å². The maximum absolute atomic E-state index is 13.5. The Morgan fingerprint density at radius 1 is 1.09 bits per heavy atom. The number of nitrogens with zero attached hydrogens (tertiary/aromatic N) is 1. The van der Waals surface area contributed by atoms with Crippen LogP contribution in [0.25, 0.3) is 10.9 Å². The molecule has 33 heavy (non-hydrogen) atoms. The number of para-hydroxylation sites is 1. The zero-order valence-electron chi connectivity index (χ0n) is 19.2. The van der Waals surface area contributed by atoms with Crippen molar-refractivity contribution in [3.05, 3.63) is 71.9 Å². The lowest BCUT2D eigenvalue weighted by molar-refractivity contribution is -0.138. The third-order valence-electron chi connectivity index (χ3n) is 6.37. The smallest absolute Gasteiger partial charge is 0.245 e. The number of nitrogens with two attached hydrogens (primary N) is 1. The van der Waals surface area contributed by atoms with Gasteiger partial charge in [-0.2, -0.15) is 0 Å². The van der Waals surface area contributed by atoms with Gasteiger partial charge in [0.1, 0.15) is 6.04 Å². The summed E-state index contributed by atoms with van der Waals surface area (Å²) in [5.74, 6) is 0.0964. The number of hydrogen-bond donors (Lipinski definition) is 3. The minimum atomic E-state index is -1.06. The van der Waals surface area contributed by atoms with Crippen molar-refractivity contribution in [1.29, 1.82) is 0 Å². The molecule has 0 bridgehead atoms. The Kier molecular flexibility index (Phi) is 7.82. The van der Waals surface area contributed by atoms with Crippen LogP contribution in [0.15, 0.2) is 60.8 Å². The number of fused-ring (bicyclic) bond motifs is 1. The van der Waals surface area contributed by atoms with Crippen molar-refractivity contribution in [2.75, 3.05) is 13.1 Å². The highest BCUT2D eigenvalue weighted by Gasteiger charge is 2.33. The number of aromatic nitrogens is 1. The molecule has 1 atom stereocenters. The molecule has 2 heterocycles. The molecule has 0 radical (unpaired) electrons. The van der Waals surface area contributed by atoms with E-state index in [1.807, 2.05) is 41.4 Å². The molecule has 1 aliphatic heterocycles. The number of H-pyrrole nitrogens is 1. The van der Waals surface area contributed by atoms with Crippen molar-refractivity contribution in [3.8, 4) is 0 Å². The van der Waals surface area contributed by atoms with Crippen LogP contribution in [0.4, 0.5) is 0 Å². The van der Waals surface area contributed by atoms with Crippen LogP contribution in [0.5, 0.6) is 0 Å². The number of carbonyl (C=O) groups excluding carboxylic acids is 2. The van der Waals surface area contributed by atoms with E-state index in [-0.39, 0.29) is 24.2 Å². The van der Waals surface area contributed by atoms with Crippen molar-refractivity contribution in [2.24, 2.45) is 5.73 Å². The third kappa shape index (κ3) is 5.75. The Morgan fingerprint density at radius 2 is 1.73 bits per heavy atom. The van der Waals surface area contributed by atoms with Crippen molar-refractivity contribution in [2.45, 2.75) is 50.6 Å². The number of rotatable bonds is 6. The van der Waals surface area contributed by atoms with Crippen molar-refractivity contribution in [3.63, 3.8) is 0 Å². The predicted octanol–water partition coefficient (Wildman–Crippen LogP) is 3.76. The first-order chi connectivity index (χ1) is 15.3. The van der Waals surface area contributed by atoms with Crippen LogP contribution in [0.3, 0.4) is 0 Å². The van der Waals surface area contributed by atoms with E-state index in [9.17, 15) is 9.59 Å². The molecule has 0 aliphatic carbocycles. The number of piperidine rings is 1. The molecule has 0 spiro atoms. The normalized spacial score (nSPS) is 15.7. The van der Waals surface area contributed by atoms with E-state index in [2.05, 4.69) is 34.6 Å². The van der Waals surface area contributed by atoms with E-state index < -0.39 is 11.6 Å². The van der Waals surface area contributed by atoms with Gasteiger partial charge in [0.05, 0.1) is 5.54 Å². The Hall–Kier alpha value is -2.83. The van der Waals surface area contributed by atoms with Crippen LogP contribution >= 0.6 is 12.4 Å². The number of amides is 2. The summed E-state index contributed by atoms with van der Waals surface area (Å²) in [5.41, 5.74) is 8.30. The number of hydrogen-bond acceptors (Lipinski definition) is 3. The standard InChI is InChI=1S/C26H32N4O2.ClH/c1-26(2,27)25(32)29-23(16-20-17-28-22-11-7-6-10-21(20)22)24(31)30-14-12-19(13-15-30)18-8-4-3-5-9-18;/h3-11,17,19,23,28H,12-16,27H2,1-2H3,(H,29,32);1H. The minimum absolute atomic E-state index is 0. The van der Waals surface area contributed by atoms with Gasteiger partial charge in [-0.05, 0) is 49.8 Å². The second kappa shape index (κ2) is 10.4. The average Bonchev–Trinajstić information content (AvgIpc) is 3.21. The van der Waals surface area contributed by atoms with Crippen LogP contribution in [-0.2, 0) is 16.0 Å². The lowest BCUT2D eigenvalue weighted by Gasteiger charge is -2.35. The maximum Gasteiger partial charge on any atom is 0.245 e. The molecule has 4 N–H and O–H groups in total.